The summed E-state index contributed by atoms with van der Waals surface area (Å²) in [7, 11) is 0. The average molecular weight is 181 g/mol. The van der Waals surface area contributed by atoms with Crippen LogP contribution in [0.25, 0.3) is 0 Å². The molecule has 0 bridgehead atoms. The van der Waals surface area contributed by atoms with Crippen molar-refractivity contribution >= 4 is 11.6 Å². The zero-order valence-electron chi connectivity index (χ0n) is 7.12. The van der Waals surface area contributed by atoms with Crippen LogP contribution >= 0.6 is 11.6 Å². The Balaban J connectivity index is 2.69. The van der Waals surface area contributed by atoms with Gasteiger partial charge < -0.3 is 0 Å². The Labute approximate surface area is 74.1 Å². The normalized spacial score (nSPS) is 10.4. The SMILES string of the molecule is FCCCCCCCCCCl. The molecule has 0 aliphatic rings. The van der Waals surface area contributed by atoms with E-state index in [1.807, 2.05) is 0 Å². The quantitative estimate of drug-likeness (QED) is 0.392. The predicted molar refractivity (Wildman–Crippen MR) is 49.0 cm³/mol. The van der Waals surface area contributed by atoms with Gasteiger partial charge in [-0.15, -0.1) is 11.6 Å². The lowest BCUT2D eigenvalue weighted by Gasteiger charge is -1.98. The molecule has 0 fully saturated rings. The first-order valence-electron chi connectivity index (χ1n) is 4.53. The third-order valence-electron chi connectivity index (χ3n) is 1.77. The van der Waals surface area contributed by atoms with Crippen LogP contribution in [-0.2, 0) is 0 Å². The number of hydrogen-bond donors (Lipinski definition) is 0. The van der Waals surface area contributed by atoms with Crippen molar-refractivity contribution in [2.45, 2.75) is 44.9 Å². The monoisotopic (exact) mass is 180 g/mol. The zero-order chi connectivity index (χ0) is 8.36. The van der Waals surface area contributed by atoms with Crippen molar-refractivity contribution < 1.29 is 4.39 Å². The first-order valence-corrected chi connectivity index (χ1v) is 5.07. The molecule has 0 aromatic heterocycles. The number of rotatable bonds is 8. The minimum atomic E-state index is -0.151. The molecule has 0 aliphatic carbocycles. The number of alkyl halides is 2. The molecule has 11 heavy (non-hydrogen) atoms. The van der Waals surface area contributed by atoms with Crippen molar-refractivity contribution in [3.05, 3.63) is 0 Å². The summed E-state index contributed by atoms with van der Waals surface area (Å²) in [6, 6.07) is 0. The molecule has 0 rings (SSSR count). The Morgan fingerprint density at radius 1 is 0.727 bits per heavy atom. The maximum absolute atomic E-state index is 11.6. The zero-order valence-corrected chi connectivity index (χ0v) is 7.88. The van der Waals surface area contributed by atoms with E-state index in [0.29, 0.717) is 0 Å². The summed E-state index contributed by atoms with van der Waals surface area (Å²) < 4.78 is 11.6. The molecule has 0 heterocycles. The van der Waals surface area contributed by atoms with Gasteiger partial charge in [-0.25, -0.2) is 0 Å². The molecule has 0 saturated carbocycles. The van der Waals surface area contributed by atoms with Gasteiger partial charge in [0, 0.05) is 5.88 Å². The Morgan fingerprint density at radius 2 is 1.18 bits per heavy atom. The Bertz CT molecular complexity index is 58.6. The van der Waals surface area contributed by atoms with Gasteiger partial charge in [-0.3, -0.25) is 4.39 Å². The van der Waals surface area contributed by atoms with Crippen LogP contribution in [0.2, 0.25) is 0 Å². The molecular weight excluding hydrogens is 163 g/mol. The second kappa shape index (κ2) is 10.2. The van der Waals surface area contributed by atoms with E-state index in [-0.39, 0.29) is 6.67 Å². The van der Waals surface area contributed by atoms with Crippen molar-refractivity contribution in [1.29, 1.82) is 0 Å². The average Bonchev–Trinajstić information content (AvgIpc) is 2.03. The second-order valence-corrected chi connectivity index (χ2v) is 3.23. The van der Waals surface area contributed by atoms with E-state index in [2.05, 4.69) is 0 Å². The molecule has 2 heteroatoms. The first kappa shape index (κ1) is 11.2. The van der Waals surface area contributed by atoms with E-state index in [1.165, 1.54) is 25.7 Å². The van der Waals surface area contributed by atoms with E-state index < -0.39 is 0 Å². The van der Waals surface area contributed by atoms with Gasteiger partial charge in [0.05, 0.1) is 6.67 Å². The third kappa shape index (κ3) is 10.2. The maximum atomic E-state index is 11.6. The fourth-order valence-corrected chi connectivity index (χ4v) is 1.26. The van der Waals surface area contributed by atoms with Gasteiger partial charge in [-0.2, -0.15) is 0 Å². The van der Waals surface area contributed by atoms with Gasteiger partial charge >= 0.3 is 0 Å². The van der Waals surface area contributed by atoms with Crippen molar-refractivity contribution in [2.24, 2.45) is 0 Å². The van der Waals surface area contributed by atoms with E-state index in [4.69, 9.17) is 11.6 Å². The van der Waals surface area contributed by atoms with Crippen LogP contribution in [0.3, 0.4) is 0 Å². The van der Waals surface area contributed by atoms with Gasteiger partial charge in [0.15, 0.2) is 0 Å². The van der Waals surface area contributed by atoms with E-state index in [0.717, 1.165) is 25.1 Å². The van der Waals surface area contributed by atoms with Gasteiger partial charge in [0.1, 0.15) is 0 Å². The molecule has 0 aromatic carbocycles. The Morgan fingerprint density at radius 3 is 1.64 bits per heavy atom. The fraction of sp³-hybridized carbons (Fsp3) is 1.00. The first-order chi connectivity index (χ1) is 5.41. The van der Waals surface area contributed by atoms with Crippen molar-refractivity contribution in [1.82, 2.24) is 0 Å². The summed E-state index contributed by atoms with van der Waals surface area (Å²) in [5.74, 6) is 0.782. The summed E-state index contributed by atoms with van der Waals surface area (Å²) in [4.78, 5) is 0. The lowest BCUT2D eigenvalue weighted by atomic mass is 10.1. The topological polar surface area (TPSA) is 0 Å². The molecule has 0 aromatic rings. The minimum absolute atomic E-state index is 0.151. The lowest BCUT2D eigenvalue weighted by molar-refractivity contribution is 0.450. The molecule has 0 saturated heterocycles. The molecule has 0 N–H and O–H groups in total. The van der Waals surface area contributed by atoms with E-state index in [9.17, 15) is 4.39 Å². The largest absolute Gasteiger partial charge is 0.251 e. The summed E-state index contributed by atoms with van der Waals surface area (Å²) in [6.45, 7) is -0.151. The van der Waals surface area contributed by atoms with Gasteiger partial charge in [-0.05, 0) is 12.8 Å². The Kier molecular flexibility index (Phi) is 10.4. The summed E-state index contributed by atoms with van der Waals surface area (Å²) in [5, 5.41) is 0. The van der Waals surface area contributed by atoms with Crippen LogP contribution in [0.15, 0.2) is 0 Å². The lowest BCUT2D eigenvalue weighted by Crippen LogP contribution is -1.81. The van der Waals surface area contributed by atoms with Crippen LogP contribution in [0.1, 0.15) is 44.9 Å². The summed E-state index contributed by atoms with van der Waals surface area (Å²) in [6.07, 6.45) is 7.86. The second-order valence-electron chi connectivity index (χ2n) is 2.85. The molecule has 0 spiro atoms. The number of unbranched alkanes of at least 4 members (excludes halogenated alkanes) is 6. The molecule has 68 valence electrons. The number of halogens is 2. The van der Waals surface area contributed by atoms with Gasteiger partial charge in [0.25, 0.3) is 0 Å². The highest BCUT2D eigenvalue weighted by Gasteiger charge is 1.90. The fourth-order valence-electron chi connectivity index (χ4n) is 1.07. The minimum Gasteiger partial charge on any atom is -0.251 e. The highest BCUT2D eigenvalue weighted by molar-refractivity contribution is 6.17. The smallest absolute Gasteiger partial charge is 0.0894 e. The summed E-state index contributed by atoms with van der Waals surface area (Å²) in [5.41, 5.74) is 0. The third-order valence-corrected chi connectivity index (χ3v) is 2.03. The standard InChI is InChI=1S/C9H18ClF/c10-8-6-4-2-1-3-5-7-9-11/h1-9H2. The molecule has 0 atom stereocenters. The van der Waals surface area contributed by atoms with Crippen LogP contribution in [0.5, 0.6) is 0 Å². The molecule has 0 nitrogen and oxygen atoms in total. The van der Waals surface area contributed by atoms with E-state index >= 15 is 0 Å². The highest BCUT2D eigenvalue weighted by Crippen LogP contribution is 2.07. The van der Waals surface area contributed by atoms with Crippen molar-refractivity contribution in [2.75, 3.05) is 12.6 Å². The van der Waals surface area contributed by atoms with Gasteiger partial charge in [0.2, 0.25) is 0 Å². The molecule has 0 unspecified atom stereocenters. The highest BCUT2D eigenvalue weighted by atomic mass is 35.5. The number of hydrogen-bond acceptors (Lipinski definition) is 0. The van der Waals surface area contributed by atoms with Crippen molar-refractivity contribution in [3.63, 3.8) is 0 Å². The van der Waals surface area contributed by atoms with Gasteiger partial charge in [-0.1, -0.05) is 32.1 Å². The van der Waals surface area contributed by atoms with Crippen molar-refractivity contribution in [3.8, 4) is 0 Å². The Hall–Kier alpha value is 0.220. The van der Waals surface area contributed by atoms with Crippen LogP contribution in [-0.4, -0.2) is 12.6 Å². The maximum Gasteiger partial charge on any atom is 0.0894 e. The molecular formula is C9H18ClF. The van der Waals surface area contributed by atoms with Crippen LogP contribution < -0.4 is 0 Å². The van der Waals surface area contributed by atoms with E-state index in [1.54, 1.807) is 0 Å². The van der Waals surface area contributed by atoms with Crippen LogP contribution in [0, 0.1) is 0 Å². The van der Waals surface area contributed by atoms with Crippen LogP contribution in [0.4, 0.5) is 4.39 Å². The molecule has 0 aliphatic heterocycles. The molecule has 0 radical (unpaired) electrons. The summed E-state index contributed by atoms with van der Waals surface area (Å²) >= 11 is 5.51. The predicted octanol–water partition coefficient (Wildman–Crippen LogP) is 3.93. The molecule has 0 amide bonds.